The van der Waals surface area contributed by atoms with Crippen molar-refractivity contribution in [3.63, 3.8) is 0 Å². The van der Waals surface area contributed by atoms with Crippen molar-refractivity contribution in [1.29, 1.82) is 0 Å². The number of unbranched alkanes of at least 4 members (excludes halogenated alkanes) is 2. The molecule has 0 aliphatic carbocycles. The van der Waals surface area contributed by atoms with Crippen LogP contribution in [0.4, 0.5) is 0 Å². The van der Waals surface area contributed by atoms with Crippen LogP contribution in [0.25, 0.3) is 0 Å². The van der Waals surface area contributed by atoms with Crippen LogP contribution in [0.1, 0.15) is 39.5 Å². The lowest BCUT2D eigenvalue weighted by molar-refractivity contribution is -0.121. The van der Waals surface area contributed by atoms with E-state index in [2.05, 4.69) is 12.2 Å². The second kappa shape index (κ2) is 6.89. The number of carbonyl (C=O) groups excluding carboxylic acids is 1. The average molecular weight is 169 g/mol. The van der Waals surface area contributed by atoms with Gasteiger partial charge in [-0.1, -0.05) is 25.5 Å². The van der Waals surface area contributed by atoms with Gasteiger partial charge in [0.25, 0.3) is 0 Å². The van der Waals surface area contributed by atoms with Crippen molar-refractivity contribution in [3.8, 4) is 0 Å². The molecule has 0 aliphatic heterocycles. The summed E-state index contributed by atoms with van der Waals surface area (Å²) in [6.07, 6.45) is 8.48. The predicted octanol–water partition coefficient (Wildman–Crippen LogP) is 2.24. The first-order valence-corrected chi connectivity index (χ1v) is 4.59. The van der Waals surface area contributed by atoms with E-state index in [1.54, 1.807) is 0 Å². The van der Waals surface area contributed by atoms with Gasteiger partial charge >= 0.3 is 0 Å². The van der Waals surface area contributed by atoms with Gasteiger partial charge in [0.05, 0.1) is 0 Å². The first-order valence-electron chi connectivity index (χ1n) is 4.59. The molecule has 0 saturated carbocycles. The molecule has 0 spiro atoms. The molecule has 0 fully saturated rings. The third kappa shape index (κ3) is 5.96. The molecule has 0 aromatic rings. The number of nitrogens with two attached hydrogens (primary N) is 1. The Morgan fingerprint density at radius 1 is 1.50 bits per heavy atom. The summed E-state index contributed by atoms with van der Waals surface area (Å²) in [4.78, 5) is 10.6. The van der Waals surface area contributed by atoms with E-state index in [9.17, 15) is 4.79 Å². The number of hydrogen-bond donors (Lipinski definition) is 1. The Morgan fingerprint density at radius 3 is 2.67 bits per heavy atom. The first-order chi connectivity index (χ1) is 5.68. The fourth-order valence-corrected chi connectivity index (χ4v) is 1.02. The molecule has 70 valence electrons. The van der Waals surface area contributed by atoms with Crippen LogP contribution in [0.2, 0.25) is 0 Å². The van der Waals surface area contributed by atoms with E-state index in [0.29, 0.717) is 0 Å². The zero-order valence-electron chi connectivity index (χ0n) is 8.05. The lowest BCUT2D eigenvalue weighted by Gasteiger charge is -2.04. The Balaban J connectivity index is 3.25. The van der Waals surface area contributed by atoms with Crippen LogP contribution in [-0.4, -0.2) is 5.91 Å². The minimum absolute atomic E-state index is 0.0376. The van der Waals surface area contributed by atoms with Crippen molar-refractivity contribution in [2.24, 2.45) is 11.7 Å². The fourth-order valence-electron chi connectivity index (χ4n) is 1.02. The van der Waals surface area contributed by atoms with E-state index in [-0.39, 0.29) is 11.8 Å². The van der Waals surface area contributed by atoms with Crippen LogP contribution >= 0.6 is 0 Å². The zero-order valence-corrected chi connectivity index (χ0v) is 8.05. The Labute approximate surface area is 74.8 Å². The molecule has 0 aliphatic rings. The summed E-state index contributed by atoms with van der Waals surface area (Å²) < 4.78 is 0. The number of hydrogen-bond acceptors (Lipinski definition) is 1. The highest BCUT2D eigenvalue weighted by molar-refractivity contribution is 5.76. The predicted molar refractivity (Wildman–Crippen MR) is 51.6 cm³/mol. The van der Waals surface area contributed by atoms with Crippen molar-refractivity contribution in [3.05, 3.63) is 12.2 Å². The molecule has 1 amide bonds. The molecule has 2 nitrogen and oxygen atoms in total. The maximum absolute atomic E-state index is 10.6. The molecule has 0 aromatic heterocycles. The summed E-state index contributed by atoms with van der Waals surface area (Å²) in [5, 5.41) is 0. The summed E-state index contributed by atoms with van der Waals surface area (Å²) in [5.41, 5.74) is 5.12. The molecule has 0 rings (SSSR count). The van der Waals surface area contributed by atoms with Crippen molar-refractivity contribution in [2.75, 3.05) is 0 Å². The molecule has 1 atom stereocenters. The Kier molecular flexibility index (Phi) is 6.44. The highest BCUT2D eigenvalue weighted by Crippen LogP contribution is 2.08. The Morgan fingerprint density at radius 2 is 2.17 bits per heavy atom. The summed E-state index contributed by atoms with van der Waals surface area (Å²) in [5.74, 6) is -0.142. The largest absolute Gasteiger partial charge is 0.369 e. The van der Waals surface area contributed by atoms with Gasteiger partial charge in [-0.3, -0.25) is 4.79 Å². The fraction of sp³-hybridized carbons (Fsp3) is 0.700. The van der Waals surface area contributed by atoms with E-state index >= 15 is 0 Å². The Bertz CT molecular complexity index is 152. The van der Waals surface area contributed by atoms with Crippen LogP contribution in [0.3, 0.4) is 0 Å². The van der Waals surface area contributed by atoms with Gasteiger partial charge in [-0.25, -0.2) is 0 Å². The van der Waals surface area contributed by atoms with E-state index in [4.69, 9.17) is 5.73 Å². The highest BCUT2D eigenvalue weighted by atomic mass is 16.1. The Hall–Kier alpha value is -0.790. The van der Waals surface area contributed by atoms with Gasteiger partial charge in [-0.05, 0) is 26.2 Å². The maximum atomic E-state index is 10.6. The van der Waals surface area contributed by atoms with Crippen molar-refractivity contribution >= 4 is 5.91 Å². The maximum Gasteiger partial charge on any atom is 0.220 e. The number of carbonyl (C=O) groups is 1. The lowest BCUT2D eigenvalue weighted by atomic mass is 10.0. The first kappa shape index (κ1) is 11.2. The molecule has 12 heavy (non-hydrogen) atoms. The van der Waals surface area contributed by atoms with Crippen LogP contribution in [-0.2, 0) is 4.79 Å². The van der Waals surface area contributed by atoms with Crippen molar-refractivity contribution in [1.82, 2.24) is 0 Å². The molecule has 0 radical (unpaired) electrons. The minimum Gasteiger partial charge on any atom is -0.369 e. The summed E-state index contributed by atoms with van der Waals surface area (Å²) in [7, 11) is 0. The third-order valence-electron chi connectivity index (χ3n) is 1.98. The molecule has 2 heteroatoms. The van der Waals surface area contributed by atoms with Crippen molar-refractivity contribution < 1.29 is 4.79 Å². The van der Waals surface area contributed by atoms with E-state index in [1.165, 1.54) is 0 Å². The standard InChI is InChI=1S/C10H19NO/c1-3-4-5-6-7-8-9(2)10(11)12/h3-4,9H,5-8H2,1-2H3,(H2,11,12). The van der Waals surface area contributed by atoms with Gasteiger partial charge in [0, 0.05) is 5.92 Å². The molecule has 0 saturated heterocycles. The van der Waals surface area contributed by atoms with E-state index in [1.807, 2.05) is 13.8 Å². The average Bonchev–Trinajstić information content (AvgIpc) is 2.03. The van der Waals surface area contributed by atoms with Crippen molar-refractivity contribution in [2.45, 2.75) is 39.5 Å². The SMILES string of the molecule is CC=CCCCCC(C)C(N)=O. The normalized spacial score (nSPS) is 13.5. The quantitative estimate of drug-likeness (QED) is 0.481. The van der Waals surface area contributed by atoms with Crippen LogP contribution in [0, 0.1) is 5.92 Å². The number of allylic oxidation sites excluding steroid dienone is 2. The summed E-state index contributed by atoms with van der Waals surface area (Å²) in [6.45, 7) is 3.91. The summed E-state index contributed by atoms with van der Waals surface area (Å²) >= 11 is 0. The van der Waals surface area contributed by atoms with Gasteiger partial charge in [-0.15, -0.1) is 0 Å². The second-order valence-corrected chi connectivity index (χ2v) is 3.16. The molecule has 0 heterocycles. The third-order valence-corrected chi connectivity index (χ3v) is 1.98. The minimum atomic E-state index is -0.180. The van der Waals surface area contributed by atoms with Crippen LogP contribution in [0.5, 0.6) is 0 Å². The highest BCUT2D eigenvalue weighted by Gasteiger charge is 2.06. The molecular formula is C10H19NO. The molecular weight excluding hydrogens is 150 g/mol. The molecule has 0 bridgehead atoms. The molecule has 2 N–H and O–H groups in total. The second-order valence-electron chi connectivity index (χ2n) is 3.16. The van der Waals surface area contributed by atoms with Gasteiger partial charge in [-0.2, -0.15) is 0 Å². The monoisotopic (exact) mass is 169 g/mol. The number of rotatable bonds is 6. The van der Waals surface area contributed by atoms with Crippen LogP contribution in [0.15, 0.2) is 12.2 Å². The van der Waals surface area contributed by atoms with Gasteiger partial charge in [0.15, 0.2) is 0 Å². The summed E-state index contributed by atoms with van der Waals surface area (Å²) in [6, 6.07) is 0. The van der Waals surface area contributed by atoms with Gasteiger partial charge in [0.2, 0.25) is 5.91 Å². The molecule has 0 aromatic carbocycles. The zero-order chi connectivity index (χ0) is 9.40. The molecule has 1 unspecified atom stereocenters. The van der Waals surface area contributed by atoms with E-state index < -0.39 is 0 Å². The van der Waals surface area contributed by atoms with E-state index in [0.717, 1.165) is 25.7 Å². The smallest absolute Gasteiger partial charge is 0.220 e. The van der Waals surface area contributed by atoms with Crippen LogP contribution < -0.4 is 5.73 Å². The topological polar surface area (TPSA) is 43.1 Å². The van der Waals surface area contributed by atoms with Gasteiger partial charge < -0.3 is 5.73 Å². The van der Waals surface area contributed by atoms with Gasteiger partial charge in [0.1, 0.15) is 0 Å². The number of primary amides is 1. The number of amides is 1. The lowest BCUT2D eigenvalue weighted by Crippen LogP contribution is -2.20.